The summed E-state index contributed by atoms with van der Waals surface area (Å²) in [6.07, 6.45) is -5.22. The minimum Gasteiger partial charge on any atom is -0.493 e. The molecule has 0 unspecified atom stereocenters. The second-order valence-corrected chi connectivity index (χ2v) is 8.25. The molecule has 0 radical (unpaired) electrons. The molecular formula is C23H24F5NO5. The average Bonchev–Trinajstić information content (AvgIpc) is 3.03. The van der Waals surface area contributed by atoms with Crippen LogP contribution in [0, 0.1) is 24.5 Å². The molecule has 1 aliphatic heterocycles. The average molecular weight is 489 g/mol. The molecule has 6 nitrogen and oxygen atoms in total. The second-order valence-electron chi connectivity index (χ2n) is 8.25. The lowest BCUT2D eigenvalue weighted by molar-refractivity contribution is -0.275. The summed E-state index contributed by atoms with van der Waals surface area (Å²) in [5.74, 6) is -6.92. The number of hydrogen-bond donors (Lipinski definition) is 1. The van der Waals surface area contributed by atoms with Crippen LogP contribution < -0.4 is 10.2 Å². The molecule has 0 bridgehead atoms. The van der Waals surface area contributed by atoms with E-state index in [1.54, 1.807) is 0 Å². The molecule has 11 heteroatoms. The third kappa shape index (κ3) is 3.95. The molecule has 34 heavy (non-hydrogen) atoms. The number of esters is 1. The van der Waals surface area contributed by atoms with Crippen LogP contribution in [0.5, 0.6) is 5.75 Å². The zero-order valence-corrected chi connectivity index (χ0v) is 19.1. The van der Waals surface area contributed by atoms with E-state index >= 15 is 0 Å². The second kappa shape index (κ2) is 9.01. The molecule has 1 N–H and O–H groups in total. The fourth-order valence-corrected chi connectivity index (χ4v) is 4.34. The van der Waals surface area contributed by atoms with Crippen molar-refractivity contribution in [2.24, 2.45) is 5.92 Å². The van der Waals surface area contributed by atoms with Crippen molar-refractivity contribution in [1.29, 1.82) is 0 Å². The van der Waals surface area contributed by atoms with Gasteiger partial charge in [-0.1, -0.05) is 13.0 Å². The Kier molecular flexibility index (Phi) is 6.80. The molecule has 186 valence electrons. The van der Waals surface area contributed by atoms with Gasteiger partial charge in [-0.2, -0.15) is 17.6 Å². The van der Waals surface area contributed by atoms with E-state index in [0.717, 1.165) is 26.2 Å². The lowest BCUT2D eigenvalue weighted by Gasteiger charge is -2.32. The number of nitrogens with one attached hydrogen (secondary N) is 1. The summed E-state index contributed by atoms with van der Waals surface area (Å²) in [5.41, 5.74) is -4.27. The number of pyridine rings is 1. The third-order valence-electron chi connectivity index (χ3n) is 6.37. The fraction of sp³-hybridized carbons (Fsp3) is 0.478. The van der Waals surface area contributed by atoms with E-state index in [4.69, 9.17) is 14.2 Å². The van der Waals surface area contributed by atoms with Gasteiger partial charge in [-0.25, -0.2) is 9.18 Å². The largest absolute Gasteiger partial charge is 0.493 e. The first-order valence-electron chi connectivity index (χ1n) is 10.5. The first-order chi connectivity index (χ1) is 15.8. The number of rotatable bonds is 5. The van der Waals surface area contributed by atoms with E-state index in [1.165, 1.54) is 27.0 Å². The van der Waals surface area contributed by atoms with Crippen molar-refractivity contribution >= 4 is 5.97 Å². The molecule has 4 atom stereocenters. The van der Waals surface area contributed by atoms with Gasteiger partial charge < -0.3 is 19.2 Å². The summed E-state index contributed by atoms with van der Waals surface area (Å²) in [6, 6.07) is 1.87. The number of halogens is 5. The minimum absolute atomic E-state index is 0.0890. The van der Waals surface area contributed by atoms with Crippen LogP contribution in [0.15, 0.2) is 23.1 Å². The maximum absolute atomic E-state index is 14.5. The zero-order valence-electron chi connectivity index (χ0n) is 19.1. The molecule has 0 aliphatic carbocycles. The lowest BCUT2D eigenvalue weighted by Crippen LogP contribution is -2.46. The standard InChI is InChI=1S/C23H24F5NO5/c1-6-33-21(31)15-17(29-9-10(2)18(15)30)20-14(11(3)22(4,34-20)23(26,27)28)12-7-8-13(24)16(25)19(12)32-5/h7-9,11,14,20H,6H2,1-5H3,(H,29,30)/t11-,14-,20+,22+/m0/s1. The number of carbonyl (C=O) groups excluding carboxylic acids is 1. The highest BCUT2D eigenvalue weighted by Crippen LogP contribution is 2.59. The van der Waals surface area contributed by atoms with Gasteiger partial charge in [0.2, 0.25) is 5.82 Å². The number of aromatic amines is 1. The van der Waals surface area contributed by atoms with E-state index in [1.807, 2.05) is 0 Å². The minimum atomic E-state index is -4.87. The predicted molar refractivity (Wildman–Crippen MR) is 111 cm³/mol. The van der Waals surface area contributed by atoms with Crippen LogP contribution in [-0.2, 0) is 9.47 Å². The summed E-state index contributed by atoms with van der Waals surface area (Å²) in [5, 5.41) is 0. The van der Waals surface area contributed by atoms with Crippen LogP contribution in [-0.4, -0.2) is 36.4 Å². The van der Waals surface area contributed by atoms with E-state index < -0.39 is 64.1 Å². The molecule has 2 heterocycles. The molecule has 0 amide bonds. The molecule has 0 spiro atoms. The molecule has 1 fully saturated rings. The van der Waals surface area contributed by atoms with Gasteiger partial charge in [-0.3, -0.25) is 4.79 Å². The molecule has 3 rings (SSSR count). The van der Waals surface area contributed by atoms with Crippen LogP contribution in [0.1, 0.15) is 60.0 Å². The molecule has 0 saturated carbocycles. The monoisotopic (exact) mass is 489 g/mol. The first kappa shape index (κ1) is 25.7. The number of benzene rings is 1. The topological polar surface area (TPSA) is 77.6 Å². The summed E-state index contributed by atoms with van der Waals surface area (Å²) in [6.45, 7) is 4.90. The maximum atomic E-state index is 14.5. The van der Waals surface area contributed by atoms with Crippen LogP contribution in [0.2, 0.25) is 0 Å². The Morgan fingerprint density at radius 2 is 1.91 bits per heavy atom. The Labute approximate surface area is 192 Å². The van der Waals surface area contributed by atoms with Crippen molar-refractivity contribution in [1.82, 2.24) is 4.98 Å². The van der Waals surface area contributed by atoms with Gasteiger partial charge in [-0.05, 0) is 26.8 Å². The van der Waals surface area contributed by atoms with Crippen LogP contribution >= 0.6 is 0 Å². The van der Waals surface area contributed by atoms with E-state index in [-0.39, 0.29) is 23.4 Å². The number of aromatic nitrogens is 1. The normalized spacial score (nSPS) is 24.8. The Morgan fingerprint density at radius 3 is 2.47 bits per heavy atom. The third-order valence-corrected chi connectivity index (χ3v) is 6.37. The van der Waals surface area contributed by atoms with Crippen LogP contribution in [0.25, 0.3) is 0 Å². The summed E-state index contributed by atoms with van der Waals surface area (Å²) < 4.78 is 86.4. The summed E-state index contributed by atoms with van der Waals surface area (Å²) in [4.78, 5) is 28.2. The van der Waals surface area contributed by atoms with Gasteiger partial charge in [0.1, 0.15) is 11.7 Å². The van der Waals surface area contributed by atoms with E-state index in [2.05, 4.69) is 4.98 Å². The summed E-state index contributed by atoms with van der Waals surface area (Å²) >= 11 is 0. The quantitative estimate of drug-likeness (QED) is 0.475. The van der Waals surface area contributed by atoms with Gasteiger partial charge in [-0.15, -0.1) is 0 Å². The van der Waals surface area contributed by atoms with Crippen LogP contribution in [0.3, 0.4) is 0 Å². The first-order valence-corrected chi connectivity index (χ1v) is 10.5. The lowest BCUT2D eigenvalue weighted by atomic mass is 9.76. The zero-order chi connectivity index (χ0) is 25.6. The van der Waals surface area contributed by atoms with Crippen molar-refractivity contribution < 1.29 is 41.0 Å². The number of carbonyl (C=O) groups is 1. The van der Waals surface area contributed by atoms with E-state index in [0.29, 0.717) is 0 Å². The van der Waals surface area contributed by atoms with Crippen molar-refractivity contribution in [2.45, 2.75) is 51.5 Å². The Bertz CT molecular complexity index is 1160. The molecule has 1 aromatic heterocycles. The highest BCUT2D eigenvalue weighted by molar-refractivity contribution is 5.91. The number of hydrogen-bond acceptors (Lipinski definition) is 5. The highest BCUT2D eigenvalue weighted by Gasteiger charge is 2.65. The number of aryl methyl sites for hydroxylation is 1. The smallest absolute Gasteiger partial charge is 0.417 e. The predicted octanol–water partition coefficient (Wildman–Crippen LogP) is 4.96. The van der Waals surface area contributed by atoms with Crippen molar-refractivity contribution in [3.8, 4) is 5.75 Å². The van der Waals surface area contributed by atoms with Gasteiger partial charge in [0, 0.05) is 29.2 Å². The van der Waals surface area contributed by atoms with Crippen molar-refractivity contribution in [3.05, 3.63) is 62.6 Å². The summed E-state index contributed by atoms with van der Waals surface area (Å²) in [7, 11) is 1.05. The van der Waals surface area contributed by atoms with E-state index in [9.17, 15) is 31.5 Å². The number of ether oxygens (including phenoxy) is 3. The van der Waals surface area contributed by atoms with Crippen molar-refractivity contribution in [3.63, 3.8) is 0 Å². The molecule has 1 aromatic carbocycles. The van der Waals surface area contributed by atoms with Crippen molar-refractivity contribution in [2.75, 3.05) is 13.7 Å². The Hall–Kier alpha value is -2.95. The number of H-pyrrole nitrogens is 1. The SMILES string of the molecule is CCOC(=O)c1c([C@@H]2O[C@@](C)(C(F)(F)F)[C@@H](C)[C@H]2c2ccc(F)c(F)c2OC)[nH]cc(C)c1=O. The molecule has 2 aromatic rings. The van der Waals surface area contributed by atoms with Gasteiger partial charge in [0.05, 0.1) is 19.4 Å². The van der Waals surface area contributed by atoms with Crippen LogP contribution in [0.4, 0.5) is 22.0 Å². The number of methoxy groups -OCH3 is 1. The van der Waals surface area contributed by atoms with Gasteiger partial charge in [0.15, 0.2) is 22.6 Å². The highest BCUT2D eigenvalue weighted by atomic mass is 19.4. The van der Waals surface area contributed by atoms with Gasteiger partial charge >= 0.3 is 12.1 Å². The fourth-order valence-electron chi connectivity index (χ4n) is 4.34. The molecule has 1 aliphatic rings. The maximum Gasteiger partial charge on any atom is 0.417 e. The van der Waals surface area contributed by atoms with Gasteiger partial charge in [0.25, 0.3) is 0 Å². The Balaban J connectivity index is 2.34. The molecular weight excluding hydrogens is 465 g/mol. The number of alkyl halides is 3. The molecule has 1 saturated heterocycles. The Morgan fingerprint density at radius 1 is 1.26 bits per heavy atom.